The zero-order valence-corrected chi connectivity index (χ0v) is 10.0. The number of β-amino-alcohol motifs (C(OH)–C–C–N with tert-alkyl or cyclic N) is 1. The van der Waals surface area contributed by atoms with Crippen molar-refractivity contribution in [1.82, 2.24) is 4.90 Å². The number of aliphatic hydroxyl groups is 1. The molecule has 88 valence electrons. The summed E-state index contributed by atoms with van der Waals surface area (Å²) in [5, 5.41) is 27.5. The van der Waals surface area contributed by atoms with Crippen molar-refractivity contribution in [1.29, 1.82) is 0 Å². The molecule has 0 spiro atoms. The fraction of sp³-hybridized carbons (Fsp3) is 0.600. The van der Waals surface area contributed by atoms with Gasteiger partial charge in [0.25, 0.3) is 0 Å². The molecule has 0 amide bonds. The Balaban J connectivity index is 2.05. The molecule has 0 unspecified atom stereocenters. The Morgan fingerprint density at radius 3 is 2.75 bits per heavy atom. The summed E-state index contributed by atoms with van der Waals surface area (Å²) in [5.74, 6) is 0. The number of nitrogens with zero attached hydrogens (tertiary/aromatic N) is 1. The van der Waals surface area contributed by atoms with Gasteiger partial charge >= 0.3 is 7.12 Å². The monoisotopic (exact) mass is 241 g/mol. The third-order valence-corrected chi connectivity index (χ3v) is 4.35. The van der Waals surface area contributed by atoms with Crippen LogP contribution in [0.25, 0.3) is 0 Å². The van der Waals surface area contributed by atoms with Crippen LogP contribution in [-0.4, -0.2) is 46.4 Å². The van der Waals surface area contributed by atoms with Gasteiger partial charge < -0.3 is 15.2 Å². The topological polar surface area (TPSA) is 63.9 Å². The van der Waals surface area contributed by atoms with Gasteiger partial charge in [-0.05, 0) is 19.4 Å². The molecule has 4 nitrogen and oxygen atoms in total. The van der Waals surface area contributed by atoms with Gasteiger partial charge in [0.2, 0.25) is 0 Å². The van der Waals surface area contributed by atoms with Gasteiger partial charge in [0.15, 0.2) is 0 Å². The van der Waals surface area contributed by atoms with Crippen molar-refractivity contribution in [3.8, 4) is 0 Å². The Hall–Kier alpha value is -0.395. The Bertz CT molecular complexity index is 358. The second-order valence-corrected chi connectivity index (χ2v) is 5.37. The van der Waals surface area contributed by atoms with Crippen LogP contribution in [0.1, 0.15) is 24.3 Å². The molecule has 0 aliphatic carbocycles. The largest absolute Gasteiger partial charge is 0.499 e. The Morgan fingerprint density at radius 1 is 1.50 bits per heavy atom. The van der Waals surface area contributed by atoms with Crippen molar-refractivity contribution in [2.45, 2.75) is 25.5 Å². The maximum absolute atomic E-state index is 9.47. The van der Waals surface area contributed by atoms with E-state index >= 15 is 0 Å². The molecular weight excluding hydrogens is 225 g/mol. The maximum Gasteiger partial charge on any atom is 0.499 e. The third-order valence-electron chi connectivity index (χ3n) is 3.06. The molecule has 16 heavy (non-hydrogen) atoms. The van der Waals surface area contributed by atoms with E-state index in [4.69, 9.17) is 10.0 Å². The molecule has 1 aliphatic rings. The molecule has 3 N–H and O–H groups in total. The van der Waals surface area contributed by atoms with E-state index in [0.29, 0.717) is 11.3 Å². The van der Waals surface area contributed by atoms with Gasteiger partial charge in [-0.1, -0.05) is 6.07 Å². The summed E-state index contributed by atoms with van der Waals surface area (Å²) in [6.45, 7) is 3.69. The number of rotatable bonds is 3. The SMILES string of the molecule is C[C@@H](c1ccc(B(O)O)s1)N1CC[C@H](O)C1. The molecule has 0 bridgehead atoms. The van der Waals surface area contributed by atoms with E-state index in [9.17, 15) is 5.11 Å². The number of hydrogen-bond acceptors (Lipinski definition) is 5. The molecule has 0 saturated carbocycles. The van der Waals surface area contributed by atoms with E-state index in [2.05, 4.69) is 11.8 Å². The van der Waals surface area contributed by atoms with Crippen LogP contribution in [-0.2, 0) is 0 Å². The molecule has 1 aliphatic heterocycles. The minimum absolute atomic E-state index is 0.217. The Morgan fingerprint density at radius 2 is 2.25 bits per heavy atom. The van der Waals surface area contributed by atoms with Crippen molar-refractivity contribution in [3.63, 3.8) is 0 Å². The molecule has 0 aromatic carbocycles. The lowest BCUT2D eigenvalue weighted by Crippen LogP contribution is -2.27. The lowest BCUT2D eigenvalue weighted by molar-refractivity contribution is 0.164. The lowest BCUT2D eigenvalue weighted by Gasteiger charge is -2.22. The summed E-state index contributed by atoms with van der Waals surface area (Å²) in [6, 6.07) is 3.90. The van der Waals surface area contributed by atoms with E-state index in [1.807, 2.05) is 6.07 Å². The second kappa shape index (κ2) is 4.85. The van der Waals surface area contributed by atoms with Crippen molar-refractivity contribution in [2.75, 3.05) is 13.1 Å². The fourth-order valence-corrected chi connectivity index (χ4v) is 3.00. The van der Waals surface area contributed by atoms with Gasteiger partial charge in [-0.2, -0.15) is 0 Å². The van der Waals surface area contributed by atoms with Crippen LogP contribution in [0, 0.1) is 0 Å². The molecule has 1 fully saturated rings. The molecular formula is C10H16BNO3S. The summed E-state index contributed by atoms with van der Waals surface area (Å²) < 4.78 is 0.571. The summed E-state index contributed by atoms with van der Waals surface area (Å²) in [4.78, 5) is 3.32. The van der Waals surface area contributed by atoms with E-state index in [1.165, 1.54) is 11.3 Å². The number of thiophene rings is 1. The van der Waals surface area contributed by atoms with Crippen LogP contribution in [0.3, 0.4) is 0 Å². The predicted octanol–water partition coefficient (Wildman–Crippen LogP) is -0.445. The first-order chi connectivity index (χ1) is 7.58. The van der Waals surface area contributed by atoms with Crippen LogP contribution in [0.15, 0.2) is 12.1 Å². The van der Waals surface area contributed by atoms with Crippen LogP contribution in [0.2, 0.25) is 0 Å². The molecule has 0 radical (unpaired) electrons. The van der Waals surface area contributed by atoms with Crippen LogP contribution in [0.5, 0.6) is 0 Å². The van der Waals surface area contributed by atoms with E-state index in [0.717, 1.165) is 17.8 Å². The number of likely N-dealkylation sites (tertiary alicyclic amines) is 1. The first-order valence-electron chi connectivity index (χ1n) is 5.46. The Labute approximate surface area is 99.3 Å². The average Bonchev–Trinajstić information content (AvgIpc) is 2.84. The minimum Gasteiger partial charge on any atom is -0.423 e. The molecule has 1 saturated heterocycles. The highest BCUT2D eigenvalue weighted by atomic mass is 32.1. The maximum atomic E-state index is 9.47. The van der Waals surface area contributed by atoms with Gasteiger partial charge in [-0.3, -0.25) is 4.90 Å². The number of hydrogen-bond donors (Lipinski definition) is 3. The first kappa shape index (κ1) is 12.1. The van der Waals surface area contributed by atoms with Crippen LogP contribution < -0.4 is 4.78 Å². The van der Waals surface area contributed by atoms with E-state index < -0.39 is 7.12 Å². The van der Waals surface area contributed by atoms with Gasteiger partial charge in [-0.25, -0.2) is 0 Å². The zero-order chi connectivity index (χ0) is 11.7. The fourth-order valence-electron chi connectivity index (χ4n) is 2.03. The highest BCUT2D eigenvalue weighted by Crippen LogP contribution is 2.27. The zero-order valence-electron chi connectivity index (χ0n) is 9.21. The van der Waals surface area contributed by atoms with Gasteiger partial charge in [0.05, 0.1) is 6.10 Å². The van der Waals surface area contributed by atoms with Crippen molar-refractivity contribution in [2.24, 2.45) is 0 Å². The number of aliphatic hydroxyl groups excluding tert-OH is 1. The summed E-state index contributed by atoms with van der Waals surface area (Å²) in [5.41, 5.74) is 0. The highest BCUT2D eigenvalue weighted by molar-refractivity contribution is 7.22. The average molecular weight is 241 g/mol. The normalized spacial score (nSPS) is 23.6. The predicted molar refractivity (Wildman–Crippen MR) is 64.8 cm³/mol. The summed E-state index contributed by atoms with van der Waals surface area (Å²) >= 11 is 1.41. The molecule has 1 aromatic heterocycles. The van der Waals surface area contributed by atoms with Crippen molar-refractivity contribution >= 4 is 23.2 Å². The van der Waals surface area contributed by atoms with Gasteiger partial charge in [0, 0.05) is 28.8 Å². The Kier molecular flexibility index (Phi) is 3.66. The quantitative estimate of drug-likeness (QED) is 0.627. The molecule has 2 atom stereocenters. The molecule has 2 heterocycles. The third kappa shape index (κ3) is 2.47. The lowest BCUT2D eigenvalue weighted by atomic mass is 9.90. The van der Waals surface area contributed by atoms with Gasteiger partial charge in [0.1, 0.15) is 0 Å². The molecule has 2 rings (SSSR count). The smallest absolute Gasteiger partial charge is 0.423 e. The van der Waals surface area contributed by atoms with E-state index in [-0.39, 0.29) is 12.1 Å². The van der Waals surface area contributed by atoms with Crippen molar-refractivity contribution < 1.29 is 15.2 Å². The summed E-state index contributed by atoms with van der Waals surface area (Å²) in [6.07, 6.45) is 0.607. The standard InChI is InChI=1S/C10H16BNO3S/c1-7(12-5-4-8(13)6-12)9-2-3-10(16-9)11(14)15/h2-3,7-8,13-15H,4-6H2,1H3/t7-,8-/m0/s1. The van der Waals surface area contributed by atoms with Crippen LogP contribution in [0.4, 0.5) is 0 Å². The summed E-state index contributed by atoms with van der Waals surface area (Å²) in [7, 11) is -1.38. The highest BCUT2D eigenvalue weighted by Gasteiger charge is 2.26. The van der Waals surface area contributed by atoms with Crippen LogP contribution >= 0.6 is 11.3 Å². The molecule has 6 heteroatoms. The van der Waals surface area contributed by atoms with E-state index in [1.54, 1.807) is 6.07 Å². The molecule has 1 aromatic rings. The minimum atomic E-state index is -1.38. The first-order valence-corrected chi connectivity index (χ1v) is 6.27. The van der Waals surface area contributed by atoms with Gasteiger partial charge in [-0.15, -0.1) is 11.3 Å². The van der Waals surface area contributed by atoms with Crippen molar-refractivity contribution in [3.05, 3.63) is 17.0 Å². The second-order valence-electron chi connectivity index (χ2n) is 4.23.